The lowest BCUT2D eigenvalue weighted by Crippen LogP contribution is -2.26. The average Bonchev–Trinajstić information content (AvgIpc) is 2.70. The van der Waals surface area contributed by atoms with Gasteiger partial charge in [0.25, 0.3) is 15.9 Å². The third-order valence-electron chi connectivity index (χ3n) is 4.10. The maximum atomic E-state index is 12.2. The van der Waals surface area contributed by atoms with Crippen LogP contribution < -0.4 is 10.1 Å². The number of hydrogen-bond donors (Lipinski definition) is 1. The highest BCUT2D eigenvalue weighted by Gasteiger charge is 2.20. The number of benzene rings is 2. The van der Waals surface area contributed by atoms with Crippen molar-refractivity contribution in [2.24, 2.45) is 0 Å². The fourth-order valence-electron chi connectivity index (χ4n) is 2.41. The summed E-state index contributed by atoms with van der Waals surface area (Å²) in [6.07, 6.45) is 1.63. The van der Waals surface area contributed by atoms with E-state index in [4.69, 9.17) is 9.57 Å². The van der Waals surface area contributed by atoms with Crippen molar-refractivity contribution in [2.45, 2.75) is 17.7 Å². The second kappa shape index (κ2) is 9.50. The molecule has 7 nitrogen and oxygen atoms in total. The molecule has 0 aliphatic rings. The van der Waals surface area contributed by atoms with Gasteiger partial charge in [-0.05, 0) is 54.8 Å². The monoisotopic (exact) mass is 392 g/mol. The molecule has 0 radical (unpaired) electrons. The van der Waals surface area contributed by atoms with Crippen LogP contribution in [0, 0.1) is 0 Å². The number of rotatable bonds is 9. The van der Waals surface area contributed by atoms with Gasteiger partial charge >= 0.3 is 0 Å². The van der Waals surface area contributed by atoms with Gasteiger partial charge in [0.2, 0.25) is 0 Å². The minimum atomic E-state index is -3.72. The Bertz CT molecular complexity index is 849. The Kier molecular flexibility index (Phi) is 7.35. The number of nitrogens with one attached hydrogen (secondary N) is 1. The van der Waals surface area contributed by atoms with Gasteiger partial charge in [0.05, 0.1) is 19.1 Å². The predicted octanol–water partition coefficient (Wildman–Crippen LogP) is 2.24. The van der Waals surface area contributed by atoms with Crippen LogP contribution in [0.3, 0.4) is 0 Å². The molecule has 8 heteroatoms. The van der Waals surface area contributed by atoms with Crippen LogP contribution in [0.5, 0.6) is 5.75 Å². The summed E-state index contributed by atoms with van der Waals surface area (Å²) in [6.45, 7) is 0.525. The van der Waals surface area contributed by atoms with Crippen LogP contribution in [-0.4, -0.2) is 46.6 Å². The smallest absolute Gasteiger partial charge is 0.264 e. The second-order valence-corrected chi connectivity index (χ2v) is 7.76. The van der Waals surface area contributed by atoms with Crippen LogP contribution in [0.4, 0.5) is 0 Å². The molecule has 2 aromatic carbocycles. The van der Waals surface area contributed by atoms with Gasteiger partial charge in [0.15, 0.2) is 0 Å². The highest BCUT2D eigenvalue weighted by atomic mass is 32.2. The van der Waals surface area contributed by atoms with Crippen molar-refractivity contribution in [3.8, 4) is 5.75 Å². The molecular formula is C19H24N2O5S. The van der Waals surface area contributed by atoms with E-state index in [0.29, 0.717) is 12.1 Å². The summed E-state index contributed by atoms with van der Waals surface area (Å²) < 4.78 is 30.1. The number of carbonyl (C=O) groups excluding carboxylic acids is 1. The molecule has 0 atom stereocenters. The fraction of sp³-hybridized carbons (Fsp3) is 0.316. The fourth-order valence-corrected chi connectivity index (χ4v) is 3.39. The maximum absolute atomic E-state index is 12.2. The number of carbonyl (C=O) groups is 1. The van der Waals surface area contributed by atoms with E-state index < -0.39 is 10.0 Å². The minimum absolute atomic E-state index is 0.0582. The van der Waals surface area contributed by atoms with Crippen molar-refractivity contribution in [3.05, 3.63) is 59.7 Å². The van der Waals surface area contributed by atoms with Crippen LogP contribution in [-0.2, 0) is 21.3 Å². The van der Waals surface area contributed by atoms with E-state index in [-0.39, 0.29) is 10.8 Å². The third-order valence-corrected chi connectivity index (χ3v) is 5.79. The van der Waals surface area contributed by atoms with E-state index in [0.717, 1.165) is 23.1 Å². The molecule has 0 unspecified atom stereocenters. The van der Waals surface area contributed by atoms with Crippen LogP contribution in [0.1, 0.15) is 22.3 Å². The summed E-state index contributed by atoms with van der Waals surface area (Å²) >= 11 is 0. The van der Waals surface area contributed by atoms with Crippen LogP contribution in [0.15, 0.2) is 53.4 Å². The van der Waals surface area contributed by atoms with Crippen molar-refractivity contribution >= 4 is 15.9 Å². The average molecular weight is 392 g/mol. The highest BCUT2D eigenvalue weighted by Crippen LogP contribution is 2.15. The summed E-state index contributed by atoms with van der Waals surface area (Å²) in [4.78, 5) is 17.0. The van der Waals surface area contributed by atoms with Crippen molar-refractivity contribution in [3.63, 3.8) is 0 Å². The first-order valence-electron chi connectivity index (χ1n) is 8.42. The lowest BCUT2D eigenvalue weighted by Gasteiger charge is -2.14. The van der Waals surface area contributed by atoms with E-state index in [1.807, 2.05) is 24.3 Å². The Morgan fingerprint density at radius 1 is 1.04 bits per heavy atom. The van der Waals surface area contributed by atoms with Gasteiger partial charge < -0.3 is 10.1 Å². The van der Waals surface area contributed by atoms with Gasteiger partial charge in [-0.1, -0.05) is 16.6 Å². The summed E-state index contributed by atoms with van der Waals surface area (Å²) in [7, 11) is 0.483. The van der Waals surface area contributed by atoms with Gasteiger partial charge in [-0.2, -0.15) is 0 Å². The van der Waals surface area contributed by atoms with Gasteiger partial charge in [0, 0.05) is 19.2 Å². The zero-order valence-corrected chi connectivity index (χ0v) is 16.5. The van der Waals surface area contributed by atoms with Gasteiger partial charge in [-0.15, -0.1) is 0 Å². The summed E-state index contributed by atoms with van der Waals surface area (Å²) in [6, 6.07) is 13.5. The van der Waals surface area contributed by atoms with E-state index in [1.165, 1.54) is 44.0 Å². The van der Waals surface area contributed by atoms with Crippen LogP contribution in [0.2, 0.25) is 0 Å². The molecule has 0 aliphatic carbocycles. The first-order chi connectivity index (χ1) is 12.9. The van der Waals surface area contributed by atoms with Gasteiger partial charge in [-0.25, -0.2) is 8.42 Å². The summed E-state index contributed by atoms with van der Waals surface area (Å²) in [5, 5.41) is 2.84. The van der Waals surface area contributed by atoms with E-state index in [9.17, 15) is 13.2 Å². The van der Waals surface area contributed by atoms with Crippen molar-refractivity contribution in [1.82, 2.24) is 9.79 Å². The van der Waals surface area contributed by atoms with Crippen molar-refractivity contribution in [2.75, 3.05) is 27.8 Å². The predicted molar refractivity (Wildman–Crippen MR) is 102 cm³/mol. The van der Waals surface area contributed by atoms with Crippen molar-refractivity contribution in [1.29, 1.82) is 0 Å². The highest BCUT2D eigenvalue weighted by molar-refractivity contribution is 7.89. The Balaban J connectivity index is 1.85. The van der Waals surface area contributed by atoms with Gasteiger partial charge in [0.1, 0.15) is 5.75 Å². The maximum Gasteiger partial charge on any atom is 0.264 e. The lowest BCUT2D eigenvalue weighted by molar-refractivity contribution is -0.0258. The number of hydroxylamine groups is 1. The first kappa shape index (κ1) is 20.9. The molecule has 0 aromatic heterocycles. The second-order valence-electron chi connectivity index (χ2n) is 5.83. The Morgan fingerprint density at radius 2 is 1.67 bits per heavy atom. The molecule has 2 aromatic rings. The lowest BCUT2D eigenvalue weighted by atomic mass is 10.1. The molecule has 0 aliphatic heterocycles. The van der Waals surface area contributed by atoms with E-state index in [2.05, 4.69) is 5.32 Å². The zero-order valence-electron chi connectivity index (χ0n) is 15.6. The Labute approximate surface area is 159 Å². The molecule has 0 bridgehead atoms. The quantitative estimate of drug-likeness (QED) is 0.523. The van der Waals surface area contributed by atoms with E-state index in [1.54, 1.807) is 7.11 Å². The Morgan fingerprint density at radius 3 is 2.22 bits per heavy atom. The third kappa shape index (κ3) is 5.53. The largest absolute Gasteiger partial charge is 0.497 e. The standard InChI is InChI=1S/C19H24N2O5S/c1-21(26-3)27(23,24)18-12-8-16(9-13-18)19(22)20-14-4-5-15-6-10-17(25-2)11-7-15/h6-13H,4-5,14H2,1-3H3,(H,20,22). The van der Waals surface area contributed by atoms with Crippen LogP contribution >= 0.6 is 0 Å². The molecule has 1 amide bonds. The number of nitrogens with zero attached hydrogens (tertiary/aromatic N) is 1. The summed E-state index contributed by atoms with van der Waals surface area (Å²) in [5.41, 5.74) is 1.57. The molecule has 27 heavy (non-hydrogen) atoms. The number of sulfonamides is 1. The van der Waals surface area contributed by atoms with Crippen LogP contribution in [0.25, 0.3) is 0 Å². The number of hydrogen-bond acceptors (Lipinski definition) is 5. The zero-order chi connectivity index (χ0) is 19.9. The molecule has 0 saturated carbocycles. The van der Waals surface area contributed by atoms with Gasteiger partial charge in [-0.3, -0.25) is 9.63 Å². The molecular weight excluding hydrogens is 368 g/mol. The molecule has 0 heterocycles. The summed E-state index contributed by atoms with van der Waals surface area (Å²) in [5.74, 6) is 0.572. The molecule has 1 N–H and O–H groups in total. The van der Waals surface area contributed by atoms with Crippen molar-refractivity contribution < 1.29 is 22.8 Å². The SMILES string of the molecule is COc1ccc(CCCNC(=O)c2ccc(S(=O)(=O)N(C)OC)cc2)cc1. The number of aryl methyl sites for hydroxylation is 1. The first-order valence-corrected chi connectivity index (χ1v) is 9.86. The minimum Gasteiger partial charge on any atom is -0.497 e. The molecule has 0 fully saturated rings. The topological polar surface area (TPSA) is 84.9 Å². The number of ether oxygens (including phenoxy) is 1. The number of methoxy groups -OCH3 is 1. The normalized spacial score (nSPS) is 11.4. The number of amides is 1. The molecule has 2 rings (SSSR count). The molecule has 0 spiro atoms. The molecule has 146 valence electrons. The van der Waals surface area contributed by atoms with E-state index >= 15 is 0 Å². The Hall–Kier alpha value is -2.42. The molecule has 0 saturated heterocycles.